The van der Waals surface area contributed by atoms with Gasteiger partial charge in [-0.2, -0.15) is 0 Å². The first kappa shape index (κ1) is 15.0. The van der Waals surface area contributed by atoms with Crippen LogP contribution >= 0.6 is 15.9 Å². The first-order valence-electron chi connectivity index (χ1n) is 5.98. The number of rotatable bonds is 4. The number of ether oxygens (including phenoxy) is 1. The summed E-state index contributed by atoms with van der Waals surface area (Å²) in [6.07, 6.45) is 1.35. The quantitative estimate of drug-likeness (QED) is 0.825. The van der Waals surface area contributed by atoms with E-state index in [1.807, 2.05) is 0 Å². The van der Waals surface area contributed by atoms with Gasteiger partial charge < -0.3 is 15.8 Å². The van der Waals surface area contributed by atoms with Gasteiger partial charge in [-0.05, 0) is 36.4 Å². The second-order valence-corrected chi connectivity index (χ2v) is 5.02. The van der Waals surface area contributed by atoms with Crippen molar-refractivity contribution < 1.29 is 14.3 Å². The Morgan fingerprint density at radius 2 is 1.90 bits per heavy atom. The van der Waals surface area contributed by atoms with E-state index in [1.54, 1.807) is 24.3 Å². The van der Waals surface area contributed by atoms with Crippen LogP contribution in [0.5, 0.6) is 0 Å². The molecule has 0 fully saturated rings. The first-order chi connectivity index (χ1) is 10.0. The number of aromatic nitrogens is 1. The van der Waals surface area contributed by atoms with E-state index in [4.69, 9.17) is 10.5 Å². The van der Waals surface area contributed by atoms with Gasteiger partial charge >= 0.3 is 5.97 Å². The van der Waals surface area contributed by atoms with Crippen LogP contribution in [-0.4, -0.2) is 23.5 Å². The molecule has 0 spiro atoms. The van der Waals surface area contributed by atoms with Crippen molar-refractivity contribution in [2.75, 3.05) is 17.7 Å². The molecular weight excluding hydrogens is 338 g/mol. The molecule has 0 saturated carbocycles. The lowest BCUT2D eigenvalue weighted by Gasteiger charge is -2.06. The smallest absolute Gasteiger partial charge is 0.357 e. The van der Waals surface area contributed by atoms with E-state index in [9.17, 15) is 9.59 Å². The van der Waals surface area contributed by atoms with Crippen LogP contribution in [0.1, 0.15) is 10.5 Å². The standard InChI is InChI=1S/C14H12BrN3O3/c15-9-1-4-11(5-2-9)18-13(19)8-21-14(20)12-6-3-10(16)7-17-12/h1-7H,8,16H2,(H,18,19). The molecule has 2 rings (SSSR count). The summed E-state index contributed by atoms with van der Waals surface area (Å²) in [7, 11) is 0. The summed E-state index contributed by atoms with van der Waals surface area (Å²) in [6, 6.07) is 10.0. The maximum Gasteiger partial charge on any atom is 0.357 e. The second-order valence-electron chi connectivity index (χ2n) is 4.11. The van der Waals surface area contributed by atoms with Gasteiger partial charge in [0.2, 0.25) is 0 Å². The highest BCUT2D eigenvalue weighted by molar-refractivity contribution is 9.10. The van der Waals surface area contributed by atoms with Crippen LogP contribution in [0.25, 0.3) is 0 Å². The van der Waals surface area contributed by atoms with Crippen molar-refractivity contribution in [1.29, 1.82) is 0 Å². The van der Waals surface area contributed by atoms with Crippen molar-refractivity contribution in [1.82, 2.24) is 4.98 Å². The van der Waals surface area contributed by atoms with Crippen molar-refractivity contribution in [3.05, 3.63) is 52.8 Å². The Hall–Kier alpha value is -2.41. The number of hydrogen-bond acceptors (Lipinski definition) is 5. The number of amides is 1. The summed E-state index contributed by atoms with van der Waals surface area (Å²) < 4.78 is 5.77. The highest BCUT2D eigenvalue weighted by Crippen LogP contribution is 2.14. The van der Waals surface area contributed by atoms with Crippen molar-refractivity contribution in [3.63, 3.8) is 0 Å². The number of halogens is 1. The largest absolute Gasteiger partial charge is 0.451 e. The fourth-order valence-corrected chi connectivity index (χ4v) is 1.73. The normalized spacial score (nSPS) is 9.95. The Bertz CT molecular complexity index is 642. The van der Waals surface area contributed by atoms with Crippen molar-refractivity contribution >= 4 is 39.2 Å². The Morgan fingerprint density at radius 3 is 2.52 bits per heavy atom. The van der Waals surface area contributed by atoms with E-state index >= 15 is 0 Å². The highest BCUT2D eigenvalue weighted by atomic mass is 79.9. The summed E-state index contributed by atoms with van der Waals surface area (Å²) in [4.78, 5) is 27.1. The molecule has 6 nitrogen and oxygen atoms in total. The van der Waals surface area contributed by atoms with Crippen LogP contribution in [0, 0.1) is 0 Å². The van der Waals surface area contributed by atoms with Crippen molar-refractivity contribution in [3.8, 4) is 0 Å². The van der Waals surface area contributed by atoms with E-state index in [2.05, 4.69) is 26.2 Å². The molecule has 1 amide bonds. The average Bonchev–Trinajstić information content (AvgIpc) is 2.48. The molecule has 1 heterocycles. The molecule has 0 aliphatic rings. The highest BCUT2D eigenvalue weighted by Gasteiger charge is 2.11. The number of nitrogens with zero attached hydrogens (tertiary/aromatic N) is 1. The number of carbonyl (C=O) groups is 2. The SMILES string of the molecule is Nc1ccc(C(=O)OCC(=O)Nc2ccc(Br)cc2)nc1. The number of pyridine rings is 1. The monoisotopic (exact) mass is 349 g/mol. The lowest BCUT2D eigenvalue weighted by molar-refractivity contribution is -0.119. The first-order valence-corrected chi connectivity index (χ1v) is 6.78. The number of nitrogens with one attached hydrogen (secondary N) is 1. The topological polar surface area (TPSA) is 94.3 Å². The van der Waals surface area contributed by atoms with Gasteiger partial charge in [-0.15, -0.1) is 0 Å². The number of nitrogen functional groups attached to an aromatic ring is 1. The maximum atomic E-state index is 11.6. The fraction of sp³-hybridized carbons (Fsp3) is 0.0714. The third-order valence-electron chi connectivity index (χ3n) is 2.46. The van der Waals surface area contributed by atoms with Crippen LogP contribution in [0.4, 0.5) is 11.4 Å². The van der Waals surface area contributed by atoms with Gasteiger partial charge in [0.05, 0.1) is 11.9 Å². The van der Waals surface area contributed by atoms with Gasteiger partial charge in [0.15, 0.2) is 6.61 Å². The van der Waals surface area contributed by atoms with E-state index in [0.717, 1.165) is 4.47 Å². The Balaban J connectivity index is 1.84. The number of benzene rings is 1. The Morgan fingerprint density at radius 1 is 1.19 bits per heavy atom. The molecule has 0 unspecified atom stereocenters. The Labute approximate surface area is 129 Å². The molecule has 0 aliphatic carbocycles. The zero-order chi connectivity index (χ0) is 15.2. The van der Waals surface area contributed by atoms with E-state index in [0.29, 0.717) is 11.4 Å². The molecule has 0 bridgehead atoms. The van der Waals surface area contributed by atoms with Crippen LogP contribution in [0.3, 0.4) is 0 Å². The van der Waals surface area contributed by atoms with Crippen molar-refractivity contribution in [2.24, 2.45) is 0 Å². The van der Waals surface area contributed by atoms with Gasteiger partial charge in [-0.25, -0.2) is 9.78 Å². The molecule has 0 aliphatic heterocycles. The second kappa shape index (κ2) is 6.85. The van der Waals surface area contributed by atoms with E-state index < -0.39 is 11.9 Å². The van der Waals surface area contributed by atoms with Crippen molar-refractivity contribution in [2.45, 2.75) is 0 Å². The lowest BCUT2D eigenvalue weighted by atomic mass is 10.3. The molecule has 21 heavy (non-hydrogen) atoms. The summed E-state index contributed by atoms with van der Waals surface area (Å²) in [6.45, 7) is -0.388. The van der Waals surface area contributed by atoms with Gasteiger partial charge in [-0.1, -0.05) is 15.9 Å². The summed E-state index contributed by atoms with van der Waals surface area (Å²) >= 11 is 3.29. The number of esters is 1. The number of hydrogen-bond donors (Lipinski definition) is 2. The minimum absolute atomic E-state index is 0.0978. The zero-order valence-corrected chi connectivity index (χ0v) is 12.5. The fourth-order valence-electron chi connectivity index (χ4n) is 1.46. The Kier molecular flexibility index (Phi) is 4.89. The summed E-state index contributed by atoms with van der Waals surface area (Å²) in [5, 5.41) is 2.61. The summed E-state index contributed by atoms with van der Waals surface area (Å²) in [5.41, 5.74) is 6.62. The average molecular weight is 350 g/mol. The molecular formula is C14H12BrN3O3. The molecule has 2 aromatic rings. The van der Waals surface area contributed by atoms with Gasteiger partial charge in [0, 0.05) is 10.2 Å². The third kappa shape index (κ3) is 4.57. The van der Waals surface area contributed by atoms with Crippen LogP contribution < -0.4 is 11.1 Å². The van der Waals surface area contributed by atoms with E-state index in [1.165, 1.54) is 18.3 Å². The molecule has 0 atom stereocenters. The molecule has 1 aromatic carbocycles. The number of carbonyl (C=O) groups excluding carboxylic acids is 2. The maximum absolute atomic E-state index is 11.6. The molecule has 7 heteroatoms. The predicted molar refractivity (Wildman–Crippen MR) is 81.7 cm³/mol. The molecule has 3 N–H and O–H groups in total. The van der Waals surface area contributed by atoms with Gasteiger partial charge in [-0.3, -0.25) is 4.79 Å². The summed E-state index contributed by atoms with van der Waals surface area (Å²) in [5.74, 6) is -1.11. The third-order valence-corrected chi connectivity index (χ3v) is 2.99. The van der Waals surface area contributed by atoms with Crippen LogP contribution in [0.2, 0.25) is 0 Å². The van der Waals surface area contributed by atoms with Gasteiger partial charge in [0.1, 0.15) is 5.69 Å². The van der Waals surface area contributed by atoms with Crippen LogP contribution in [0.15, 0.2) is 47.1 Å². The van der Waals surface area contributed by atoms with Crippen LogP contribution in [-0.2, 0) is 9.53 Å². The number of nitrogens with two attached hydrogens (primary N) is 1. The number of anilines is 2. The lowest BCUT2D eigenvalue weighted by Crippen LogP contribution is -2.21. The molecule has 1 aromatic heterocycles. The zero-order valence-electron chi connectivity index (χ0n) is 10.9. The molecule has 0 saturated heterocycles. The van der Waals surface area contributed by atoms with Gasteiger partial charge in [0.25, 0.3) is 5.91 Å². The minimum Gasteiger partial charge on any atom is -0.451 e. The molecule has 0 radical (unpaired) electrons. The molecule has 108 valence electrons. The minimum atomic E-state index is -0.680. The van der Waals surface area contributed by atoms with E-state index in [-0.39, 0.29) is 12.3 Å². The predicted octanol–water partition coefficient (Wildman–Crippen LogP) is 2.22.